The number of benzene rings is 8. The van der Waals surface area contributed by atoms with Crippen LogP contribution in [-0.2, 0) is 17.6 Å². The van der Waals surface area contributed by atoms with Crippen LogP contribution in [0.3, 0.4) is 0 Å². The van der Waals surface area contributed by atoms with Gasteiger partial charge in [0, 0.05) is 140 Å². The predicted octanol–water partition coefficient (Wildman–Crippen LogP) is 20.3. The average Bonchev–Trinajstić information content (AvgIpc) is 1.25. The number of fused-ring (bicyclic) bond motifs is 12. The molecular weight excluding hydrogens is 1530 g/mol. The number of hydrogen-bond acceptors (Lipinski definition) is 24. The maximum Gasteiger partial charge on any atom is 0.335 e. The predicted molar refractivity (Wildman–Crippen MR) is 485 cm³/mol. The third-order valence-corrected chi connectivity index (χ3v) is 21.5. The first-order chi connectivity index (χ1) is 59.6. The molecule has 8 N–H and O–H groups in total. The van der Waals surface area contributed by atoms with Crippen molar-refractivity contribution in [1.82, 2.24) is 64.7 Å². The lowest BCUT2D eigenvalue weighted by molar-refractivity contribution is 0.0372. The molecule has 16 aromatic rings. The third kappa shape index (κ3) is 20.5. The fraction of sp³-hybridized carbons (Fsp3) is 0.250. The van der Waals surface area contributed by atoms with Gasteiger partial charge in [0.05, 0.1) is 46.4 Å². The summed E-state index contributed by atoms with van der Waals surface area (Å²) in [6.45, 7) is 15.3. The third-order valence-electron chi connectivity index (χ3n) is 21.5. The number of aromatic nitrogens is 12. The van der Waals surface area contributed by atoms with Gasteiger partial charge in [-0.25, -0.2) is 69.4 Å². The number of carbonyl (C=O) groups excluding carboxylic acids is 2. The minimum Gasteiger partial charge on any atom is -0.478 e. The van der Waals surface area contributed by atoms with Crippen LogP contribution in [0.2, 0.25) is 0 Å². The van der Waals surface area contributed by atoms with Crippen molar-refractivity contribution in [2.75, 3.05) is 71.3 Å². The van der Waals surface area contributed by atoms with E-state index in [1.54, 1.807) is 56.4 Å². The Labute approximate surface area is 705 Å². The molecule has 1 saturated carbocycles. The number of Topliss-reactive ketones (excluding diaryl/α,β-unsaturated/α-hetero) is 2. The second-order valence-electron chi connectivity index (χ2n) is 30.3. The quantitative estimate of drug-likeness (QED) is 0.0128. The van der Waals surface area contributed by atoms with E-state index in [9.17, 15) is 29.4 Å². The lowest BCUT2D eigenvalue weighted by Gasteiger charge is -2.26. The first-order valence-electron chi connectivity index (χ1n) is 41.6. The summed E-state index contributed by atoms with van der Waals surface area (Å²) in [5.41, 5.74) is 10.9. The molecule has 0 unspecified atom stereocenters. The molecule has 0 bridgehead atoms. The van der Waals surface area contributed by atoms with Crippen LogP contribution in [-0.4, -0.2) is 144 Å². The summed E-state index contributed by atoms with van der Waals surface area (Å²) in [4.78, 5) is 105. The highest BCUT2D eigenvalue weighted by Crippen LogP contribution is 2.37. The van der Waals surface area contributed by atoms with E-state index in [4.69, 9.17) is 39.6 Å². The van der Waals surface area contributed by atoms with E-state index in [1.807, 2.05) is 176 Å². The number of anilines is 10. The number of ether oxygens (including phenoxy) is 1. The highest BCUT2D eigenvalue weighted by Gasteiger charge is 2.24. The van der Waals surface area contributed by atoms with E-state index in [2.05, 4.69) is 82.5 Å². The van der Waals surface area contributed by atoms with Crippen LogP contribution in [0.15, 0.2) is 219 Å². The van der Waals surface area contributed by atoms with Gasteiger partial charge in [0.1, 0.15) is 33.7 Å². The summed E-state index contributed by atoms with van der Waals surface area (Å²) in [5.74, 6) is 4.08. The molecule has 9 heterocycles. The van der Waals surface area contributed by atoms with E-state index in [-0.39, 0.29) is 22.7 Å². The standard InChI is InChI=1S/C27H29N5O2.C26H28N4O2.C22H21N5O.C21H17N5O2/c1-19(33)20-10-11-22-23-18-28-25(9-5-6-12-32-13-15-34-16-14-32)31-26(23)27(30-24(22)17-20)29-21-7-3-2-4-8-21;1-3-17(4-2)9-8-12-23-27-16-21-20-14-13-18(26(31)32)15-22(20)29-25(24(21)30-23)28-19-10-6-5-7-11-19;1-3-11-23-22-24-13-18-17-10-9-15(14(2)28)12-19(17)26-21(20(18)27-22)25-16-7-5-4-6-8-16;27-20(28)12-6-9-15-16-11-22-21(24-14-7-8-14)26-18(16)19(25-17(15)10-12)23-13-4-2-1-3-5-13/h2-4,7-8,10-11,17-18H,5-6,9,12-16H2,1H3,(H,29,30);5-7,10-11,13-17H,3-4,8-9,12H2,1-2H3,(H,28,29)(H,31,32);4-10,12-13H,3,11H2,1-2H3,(H,25,26)(H,23,24,27);1-6,9-11,14H,7-8H2,(H,23,25)(H,27,28)(H,22,24,26). The van der Waals surface area contributed by atoms with E-state index in [1.165, 1.54) is 19.3 Å². The minimum atomic E-state index is -0.985. The largest absolute Gasteiger partial charge is 0.478 e. The highest BCUT2D eigenvalue weighted by molar-refractivity contribution is 6.14. The van der Waals surface area contributed by atoms with Crippen LogP contribution in [0.4, 0.5) is 57.9 Å². The minimum absolute atomic E-state index is 0.0109. The SMILES string of the molecule is CC(=O)c1ccc2c(c1)nc(Nc1ccccc1)c1nc(CCCCN3CCOCC3)ncc12.CCC(CC)CCCc1ncc2c(n1)c(Nc1ccccc1)nc1cc(C(=O)O)ccc12.CCCNc1ncc2c(n1)c(Nc1ccccc1)nc1cc(C(C)=O)ccc12.O=C(O)c1ccc2c(c1)nc(Nc1ccccc1)c1nc(NC3CC3)ncc12. The summed E-state index contributed by atoms with van der Waals surface area (Å²) in [7, 11) is 0. The molecule has 0 radical (unpaired) electrons. The van der Waals surface area contributed by atoms with Gasteiger partial charge in [-0.3, -0.25) is 14.5 Å². The number of nitrogens with one attached hydrogen (secondary N) is 6. The fourth-order valence-corrected chi connectivity index (χ4v) is 14.6. The molecule has 616 valence electrons. The fourth-order valence-electron chi connectivity index (χ4n) is 14.6. The second-order valence-corrected chi connectivity index (χ2v) is 30.3. The van der Waals surface area contributed by atoms with Crippen LogP contribution in [0.5, 0.6) is 0 Å². The number of aromatic carboxylic acids is 2. The van der Waals surface area contributed by atoms with Gasteiger partial charge in [0.15, 0.2) is 34.8 Å². The number of morpholine rings is 1. The van der Waals surface area contributed by atoms with Crippen LogP contribution in [0.25, 0.3) is 87.2 Å². The van der Waals surface area contributed by atoms with Crippen LogP contribution < -0.4 is 31.9 Å². The molecule has 18 rings (SSSR count). The Bertz CT molecular complexity index is 6460. The van der Waals surface area contributed by atoms with E-state index < -0.39 is 11.9 Å². The number of unbranched alkanes of at least 4 members (excludes halogenated alkanes) is 1. The molecule has 8 aromatic carbocycles. The first-order valence-corrected chi connectivity index (χ1v) is 41.6. The number of nitrogens with zero attached hydrogens (tertiary/aromatic N) is 13. The monoisotopic (exact) mass is 1630 g/mol. The second kappa shape index (κ2) is 39.1. The van der Waals surface area contributed by atoms with E-state index >= 15 is 0 Å². The summed E-state index contributed by atoms with van der Waals surface area (Å²) in [5, 5.41) is 45.7. The van der Waals surface area contributed by atoms with Gasteiger partial charge in [-0.2, -0.15) is 0 Å². The van der Waals surface area contributed by atoms with Crippen LogP contribution in [0.1, 0.15) is 145 Å². The topological polar surface area (TPSA) is 348 Å². The highest BCUT2D eigenvalue weighted by atomic mass is 16.5. The molecule has 1 saturated heterocycles. The van der Waals surface area contributed by atoms with E-state index in [0.717, 1.165) is 202 Å². The van der Waals surface area contributed by atoms with E-state index in [0.29, 0.717) is 68.9 Å². The van der Waals surface area contributed by atoms with Crippen molar-refractivity contribution in [3.63, 3.8) is 0 Å². The molecule has 26 heteroatoms. The molecule has 26 nitrogen and oxygen atoms in total. The molecule has 122 heavy (non-hydrogen) atoms. The first kappa shape index (κ1) is 82.8. The molecule has 8 aromatic heterocycles. The zero-order chi connectivity index (χ0) is 84.4. The molecule has 0 atom stereocenters. The summed E-state index contributed by atoms with van der Waals surface area (Å²) in [6.07, 6.45) is 19.0. The number of aryl methyl sites for hydroxylation is 2. The Morgan fingerprint density at radius 1 is 0.418 bits per heavy atom. The van der Waals surface area contributed by atoms with Gasteiger partial charge in [-0.05, 0) is 150 Å². The van der Waals surface area contributed by atoms with Crippen molar-refractivity contribution in [1.29, 1.82) is 0 Å². The zero-order valence-electron chi connectivity index (χ0n) is 68.7. The molecular formula is C96H95N19O7. The van der Waals surface area contributed by atoms with Crippen LogP contribution >= 0.6 is 0 Å². The number of carboxylic acids is 2. The lowest BCUT2D eigenvalue weighted by atomic mass is 9.96. The summed E-state index contributed by atoms with van der Waals surface area (Å²) in [6, 6.07) is 60.7. The zero-order valence-corrected chi connectivity index (χ0v) is 68.7. The smallest absolute Gasteiger partial charge is 0.335 e. The molecule has 0 spiro atoms. The van der Waals surface area contributed by atoms with Crippen LogP contribution in [0, 0.1) is 5.92 Å². The number of para-hydroxylation sites is 4. The van der Waals surface area contributed by atoms with Gasteiger partial charge in [0.2, 0.25) is 11.9 Å². The van der Waals surface area contributed by atoms with Crippen molar-refractivity contribution in [3.05, 3.63) is 253 Å². The molecule has 2 fully saturated rings. The average molecular weight is 1630 g/mol. The number of pyridine rings is 4. The maximum absolute atomic E-state index is 11.9. The Kier molecular flexibility index (Phi) is 26.6. The maximum atomic E-state index is 11.9. The van der Waals surface area contributed by atoms with Gasteiger partial charge in [-0.15, -0.1) is 0 Å². The van der Waals surface area contributed by atoms with Crippen molar-refractivity contribution in [2.24, 2.45) is 5.92 Å². The number of ketones is 2. The number of hydrogen-bond donors (Lipinski definition) is 8. The number of carbonyl (C=O) groups is 4. The van der Waals surface area contributed by atoms with Gasteiger partial charge in [0.25, 0.3) is 0 Å². The van der Waals surface area contributed by atoms with Gasteiger partial charge in [-0.1, -0.05) is 149 Å². The Hall–Kier alpha value is -14.2. The van der Waals surface area contributed by atoms with Crippen molar-refractivity contribution in [2.45, 2.75) is 111 Å². The van der Waals surface area contributed by atoms with Crippen molar-refractivity contribution >= 4 is 169 Å². The molecule has 2 aliphatic rings. The Balaban J connectivity index is 0.000000127. The Morgan fingerprint density at radius 3 is 1.16 bits per heavy atom. The van der Waals surface area contributed by atoms with Crippen molar-refractivity contribution in [3.8, 4) is 0 Å². The summed E-state index contributed by atoms with van der Waals surface area (Å²) < 4.78 is 5.43. The van der Waals surface area contributed by atoms with Gasteiger partial charge >= 0.3 is 11.9 Å². The Morgan fingerprint density at radius 2 is 0.779 bits per heavy atom. The van der Waals surface area contributed by atoms with Gasteiger partial charge < -0.3 is 46.9 Å². The van der Waals surface area contributed by atoms with Crippen molar-refractivity contribution < 1.29 is 34.1 Å². The lowest BCUT2D eigenvalue weighted by Crippen LogP contribution is -2.36. The normalized spacial score (nSPS) is 12.6. The number of rotatable bonds is 28. The summed E-state index contributed by atoms with van der Waals surface area (Å²) >= 11 is 0. The molecule has 1 aliphatic heterocycles. The number of carboxylic acid groups (broad SMARTS) is 2. The molecule has 0 amide bonds. The molecule has 1 aliphatic carbocycles.